The highest BCUT2D eigenvalue weighted by Gasteiger charge is 2.33. The van der Waals surface area contributed by atoms with E-state index in [1.807, 2.05) is 19.0 Å². The molecule has 1 aliphatic heterocycles. The molecule has 0 radical (unpaired) electrons. The van der Waals surface area contributed by atoms with E-state index in [4.69, 9.17) is 4.74 Å². The van der Waals surface area contributed by atoms with Gasteiger partial charge in [0.2, 0.25) is 15.9 Å². The smallest absolute Gasteiger partial charge is 0.243 e. The molecular weight excluding hydrogens is 328 g/mol. The summed E-state index contributed by atoms with van der Waals surface area (Å²) in [5.41, 5.74) is 0. The fourth-order valence-electron chi connectivity index (χ4n) is 2.54. The molecule has 0 saturated carbocycles. The zero-order valence-corrected chi connectivity index (χ0v) is 14.5. The molecule has 2 heterocycles. The van der Waals surface area contributed by atoms with Crippen LogP contribution in [0.1, 0.15) is 6.42 Å². The number of anilines is 1. The van der Waals surface area contributed by atoms with Crippen LogP contribution in [0.2, 0.25) is 0 Å². The van der Waals surface area contributed by atoms with E-state index in [9.17, 15) is 8.42 Å². The largest absolute Gasteiger partial charge is 0.472 e. The summed E-state index contributed by atoms with van der Waals surface area (Å²) in [5, 5.41) is 0. The van der Waals surface area contributed by atoms with Gasteiger partial charge in [0.1, 0.15) is 6.10 Å². The van der Waals surface area contributed by atoms with Crippen molar-refractivity contribution in [2.75, 3.05) is 32.1 Å². The zero-order chi connectivity index (χ0) is 17.2. The van der Waals surface area contributed by atoms with E-state index in [1.165, 1.54) is 4.31 Å². The van der Waals surface area contributed by atoms with E-state index in [0.717, 1.165) is 0 Å². The van der Waals surface area contributed by atoms with Crippen LogP contribution >= 0.6 is 0 Å². The molecule has 1 aliphatic rings. The zero-order valence-electron chi connectivity index (χ0n) is 13.7. The van der Waals surface area contributed by atoms with E-state index in [-0.39, 0.29) is 6.10 Å². The average molecular weight is 348 g/mol. The van der Waals surface area contributed by atoms with Gasteiger partial charge in [-0.1, -0.05) is 18.2 Å². The molecule has 1 unspecified atom stereocenters. The van der Waals surface area contributed by atoms with Gasteiger partial charge in [-0.3, -0.25) is 4.98 Å². The lowest BCUT2D eigenvalue weighted by molar-refractivity contribution is 0.206. The van der Waals surface area contributed by atoms with Crippen molar-refractivity contribution >= 4 is 15.8 Å². The van der Waals surface area contributed by atoms with Gasteiger partial charge in [0.05, 0.1) is 23.8 Å². The first kappa shape index (κ1) is 16.7. The van der Waals surface area contributed by atoms with E-state index >= 15 is 0 Å². The van der Waals surface area contributed by atoms with Crippen LogP contribution in [0.4, 0.5) is 5.82 Å². The van der Waals surface area contributed by atoms with Crippen molar-refractivity contribution in [1.29, 1.82) is 0 Å². The third-order valence-corrected chi connectivity index (χ3v) is 5.71. The molecule has 1 saturated heterocycles. The molecule has 1 aromatic carbocycles. The summed E-state index contributed by atoms with van der Waals surface area (Å²) in [4.78, 5) is 10.6. The normalized spacial score (nSPS) is 18.5. The van der Waals surface area contributed by atoms with Crippen molar-refractivity contribution < 1.29 is 13.2 Å². The second-order valence-corrected chi connectivity index (χ2v) is 7.75. The van der Waals surface area contributed by atoms with Gasteiger partial charge >= 0.3 is 0 Å². The molecule has 0 bridgehead atoms. The number of sulfonamides is 1. The fourth-order valence-corrected chi connectivity index (χ4v) is 4.04. The summed E-state index contributed by atoms with van der Waals surface area (Å²) in [7, 11) is 0.269. The highest BCUT2D eigenvalue weighted by atomic mass is 32.2. The first-order chi connectivity index (χ1) is 11.5. The standard InChI is InChI=1S/C16H20N4O3S/c1-19(2)15-10-17-11-16(18-15)23-13-8-9-20(12-13)24(21,22)14-6-4-3-5-7-14/h3-7,10-11,13H,8-9,12H2,1-2H3. The molecule has 1 atom stereocenters. The van der Waals surface area contributed by atoms with E-state index in [1.54, 1.807) is 42.7 Å². The Hall–Kier alpha value is -2.19. The molecule has 3 rings (SSSR count). The van der Waals surface area contributed by atoms with Crippen molar-refractivity contribution in [2.45, 2.75) is 17.4 Å². The van der Waals surface area contributed by atoms with E-state index < -0.39 is 10.0 Å². The minimum absolute atomic E-state index is 0.227. The van der Waals surface area contributed by atoms with Gasteiger partial charge in [0, 0.05) is 20.6 Å². The van der Waals surface area contributed by atoms with Gasteiger partial charge in [-0.2, -0.15) is 9.29 Å². The second-order valence-electron chi connectivity index (χ2n) is 5.81. The Kier molecular flexibility index (Phi) is 4.68. The predicted octanol–water partition coefficient (Wildman–Crippen LogP) is 1.38. The van der Waals surface area contributed by atoms with Crippen molar-refractivity contribution in [3.05, 3.63) is 42.7 Å². The van der Waals surface area contributed by atoms with Crippen molar-refractivity contribution in [3.8, 4) is 5.88 Å². The maximum Gasteiger partial charge on any atom is 0.243 e. The summed E-state index contributed by atoms with van der Waals surface area (Å²) >= 11 is 0. The van der Waals surface area contributed by atoms with Crippen LogP contribution in [0.5, 0.6) is 5.88 Å². The number of ether oxygens (including phenoxy) is 1. The second kappa shape index (κ2) is 6.74. The molecule has 2 aromatic rings. The maximum absolute atomic E-state index is 12.6. The molecule has 128 valence electrons. The van der Waals surface area contributed by atoms with E-state index in [2.05, 4.69) is 9.97 Å². The molecule has 7 nitrogen and oxygen atoms in total. The number of rotatable bonds is 5. The third kappa shape index (κ3) is 3.49. The number of hydrogen-bond acceptors (Lipinski definition) is 6. The quantitative estimate of drug-likeness (QED) is 0.813. The van der Waals surface area contributed by atoms with Gasteiger partial charge in [0.25, 0.3) is 0 Å². The lowest BCUT2D eigenvalue weighted by Crippen LogP contribution is -2.31. The predicted molar refractivity (Wildman–Crippen MR) is 90.6 cm³/mol. The highest BCUT2D eigenvalue weighted by molar-refractivity contribution is 7.89. The number of nitrogens with zero attached hydrogens (tertiary/aromatic N) is 4. The Balaban J connectivity index is 1.69. The molecular formula is C16H20N4O3S. The Morgan fingerprint density at radius 1 is 1.21 bits per heavy atom. The molecule has 0 aliphatic carbocycles. The van der Waals surface area contributed by atoms with Crippen LogP contribution in [-0.2, 0) is 10.0 Å². The molecule has 0 spiro atoms. The van der Waals surface area contributed by atoms with Crippen molar-refractivity contribution in [2.24, 2.45) is 0 Å². The molecule has 24 heavy (non-hydrogen) atoms. The van der Waals surface area contributed by atoms with Crippen molar-refractivity contribution in [1.82, 2.24) is 14.3 Å². The lowest BCUT2D eigenvalue weighted by Gasteiger charge is -2.17. The fraction of sp³-hybridized carbons (Fsp3) is 0.375. The highest BCUT2D eigenvalue weighted by Crippen LogP contribution is 2.23. The van der Waals surface area contributed by atoms with Crippen LogP contribution in [-0.4, -0.2) is 56.0 Å². The molecule has 8 heteroatoms. The summed E-state index contributed by atoms with van der Waals surface area (Å²) in [6, 6.07) is 8.45. The molecule has 1 aromatic heterocycles. The van der Waals surface area contributed by atoms with Gasteiger partial charge in [-0.15, -0.1) is 0 Å². The summed E-state index contributed by atoms with van der Waals surface area (Å²) in [6.45, 7) is 0.744. The minimum atomic E-state index is -3.48. The Labute approximate surface area is 142 Å². The van der Waals surface area contributed by atoms with Gasteiger partial charge < -0.3 is 9.64 Å². The molecule has 0 amide bonds. The lowest BCUT2D eigenvalue weighted by atomic mass is 10.3. The number of benzene rings is 1. The van der Waals surface area contributed by atoms with Gasteiger partial charge in [-0.05, 0) is 18.6 Å². The van der Waals surface area contributed by atoms with Crippen molar-refractivity contribution in [3.63, 3.8) is 0 Å². The monoisotopic (exact) mass is 348 g/mol. The average Bonchev–Trinajstić information content (AvgIpc) is 3.05. The number of aromatic nitrogens is 2. The topological polar surface area (TPSA) is 75.6 Å². The molecule has 0 N–H and O–H groups in total. The number of hydrogen-bond donors (Lipinski definition) is 0. The minimum Gasteiger partial charge on any atom is -0.472 e. The van der Waals surface area contributed by atoms with E-state index in [0.29, 0.717) is 36.1 Å². The summed E-state index contributed by atoms with van der Waals surface area (Å²) in [5.74, 6) is 1.10. The first-order valence-electron chi connectivity index (χ1n) is 7.68. The van der Waals surface area contributed by atoms with Crippen LogP contribution in [0.25, 0.3) is 0 Å². The van der Waals surface area contributed by atoms with Crippen LogP contribution < -0.4 is 9.64 Å². The van der Waals surface area contributed by atoms with Crippen LogP contribution in [0.15, 0.2) is 47.6 Å². The molecule has 1 fully saturated rings. The third-order valence-electron chi connectivity index (χ3n) is 3.83. The Bertz CT molecular complexity index is 796. The maximum atomic E-state index is 12.6. The summed E-state index contributed by atoms with van der Waals surface area (Å²) < 4.78 is 32.5. The van der Waals surface area contributed by atoms with Gasteiger partial charge in [-0.25, -0.2) is 8.42 Å². The summed E-state index contributed by atoms with van der Waals surface area (Å²) in [6.07, 6.45) is 3.59. The van der Waals surface area contributed by atoms with Crippen LogP contribution in [0.3, 0.4) is 0 Å². The van der Waals surface area contributed by atoms with Gasteiger partial charge in [0.15, 0.2) is 5.82 Å². The van der Waals surface area contributed by atoms with Crippen LogP contribution in [0, 0.1) is 0 Å². The first-order valence-corrected chi connectivity index (χ1v) is 9.12. The Morgan fingerprint density at radius 2 is 1.96 bits per heavy atom. The SMILES string of the molecule is CN(C)c1cncc(OC2CCN(S(=O)(=O)c3ccccc3)C2)n1. The Morgan fingerprint density at radius 3 is 2.67 bits per heavy atom.